The maximum absolute atomic E-state index is 12.5. The smallest absolute Gasteiger partial charge is 0.317 e. The Kier molecular flexibility index (Phi) is 5.23. The fourth-order valence-corrected chi connectivity index (χ4v) is 3.83. The van der Waals surface area contributed by atoms with Gasteiger partial charge in [-0.2, -0.15) is 0 Å². The number of amides is 4. The summed E-state index contributed by atoms with van der Waals surface area (Å²) in [6, 6.07) is 0.233. The summed E-state index contributed by atoms with van der Waals surface area (Å²) < 4.78 is 0. The van der Waals surface area contributed by atoms with Crippen LogP contribution in [0.2, 0.25) is 0 Å². The molecule has 0 radical (unpaired) electrons. The topological polar surface area (TPSA) is 76.2 Å². The summed E-state index contributed by atoms with van der Waals surface area (Å²) in [5.74, 6) is 0.203. The van der Waals surface area contributed by atoms with Gasteiger partial charge in [0.05, 0.1) is 6.54 Å². The lowest BCUT2D eigenvalue weighted by atomic mass is 10.0. The highest BCUT2D eigenvalue weighted by atomic mass is 16.2. The van der Waals surface area contributed by atoms with Crippen LogP contribution in [0.1, 0.15) is 19.8 Å². The van der Waals surface area contributed by atoms with E-state index in [1.54, 1.807) is 11.8 Å². The Labute approximate surface area is 142 Å². The molecule has 0 aromatic carbocycles. The zero-order chi connectivity index (χ0) is 17.1. The predicted octanol–water partition coefficient (Wildman–Crippen LogP) is -0.833. The quantitative estimate of drug-likeness (QED) is 0.729. The highest BCUT2D eigenvalue weighted by molar-refractivity contribution is 5.79. The summed E-state index contributed by atoms with van der Waals surface area (Å²) >= 11 is 0. The Morgan fingerprint density at radius 3 is 2.42 bits per heavy atom. The Hall–Kier alpha value is -1.83. The van der Waals surface area contributed by atoms with E-state index >= 15 is 0 Å². The van der Waals surface area contributed by atoms with E-state index in [0.717, 1.165) is 32.5 Å². The number of hydrogen-bond donors (Lipinski definition) is 1. The van der Waals surface area contributed by atoms with E-state index in [1.807, 2.05) is 9.80 Å². The van der Waals surface area contributed by atoms with Gasteiger partial charge >= 0.3 is 6.03 Å². The van der Waals surface area contributed by atoms with Crippen LogP contribution < -0.4 is 5.32 Å². The highest BCUT2D eigenvalue weighted by Crippen LogP contribution is 2.18. The lowest BCUT2D eigenvalue weighted by Gasteiger charge is -2.39. The van der Waals surface area contributed by atoms with Crippen LogP contribution in [0.25, 0.3) is 0 Å². The predicted molar refractivity (Wildman–Crippen MR) is 88.4 cm³/mol. The molecular formula is C16H27N5O3. The molecule has 134 valence electrons. The van der Waals surface area contributed by atoms with Crippen molar-refractivity contribution in [3.05, 3.63) is 0 Å². The fraction of sp³-hybridized carbons (Fsp3) is 0.812. The first-order valence-electron chi connectivity index (χ1n) is 8.84. The molecule has 3 rings (SSSR count). The van der Waals surface area contributed by atoms with Gasteiger partial charge in [-0.05, 0) is 19.4 Å². The molecule has 3 heterocycles. The highest BCUT2D eigenvalue weighted by Gasteiger charge is 2.32. The molecule has 4 amide bonds. The zero-order valence-corrected chi connectivity index (χ0v) is 14.4. The van der Waals surface area contributed by atoms with Crippen LogP contribution in [0.15, 0.2) is 0 Å². The molecule has 0 bridgehead atoms. The molecule has 1 N–H and O–H groups in total. The minimum absolute atomic E-state index is 0.0218. The third kappa shape index (κ3) is 3.80. The number of nitrogens with one attached hydrogen (secondary N) is 1. The normalized spacial score (nSPS) is 25.8. The number of urea groups is 1. The van der Waals surface area contributed by atoms with E-state index in [0.29, 0.717) is 39.3 Å². The molecular weight excluding hydrogens is 310 g/mol. The number of nitrogens with zero attached hydrogens (tertiary/aromatic N) is 4. The van der Waals surface area contributed by atoms with E-state index in [1.165, 1.54) is 0 Å². The van der Waals surface area contributed by atoms with Crippen molar-refractivity contribution in [3.63, 3.8) is 0 Å². The Balaban J connectivity index is 1.48. The standard InChI is InChI=1S/C16H27N5O3/c1-13(22)19-7-9-20(10-8-19)15(23)12-18-5-2-3-14(11-18)21-6-4-17-16(21)24/h14H,2-12H2,1H3,(H,17,24)/t14-/m0/s1. The minimum Gasteiger partial charge on any atom is -0.339 e. The van der Waals surface area contributed by atoms with Gasteiger partial charge in [0.1, 0.15) is 0 Å². The van der Waals surface area contributed by atoms with E-state index in [4.69, 9.17) is 0 Å². The minimum atomic E-state index is 0.0218. The third-order valence-corrected chi connectivity index (χ3v) is 5.25. The van der Waals surface area contributed by atoms with Gasteiger partial charge in [0, 0.05) is 58.8 Å². The Morgan fingerprint density at radius 2 is 1.79 bits per heavy atom. The van der Waals surface area contributed by atoms with Crippen LogP contribution in [0, 0.1) is 0 Å². The molecule has 3 aliphatic rings. The molecule has 1 atom stereocenters. The van der Waals surface area contributed by atoms with E-state index in [-0.39, 0.29) is 23.9 Å². The zero-order valence-electron chi connectivity index (χ0n) is 14.4. The van der Waals surface area contributed by atoms with Crippen LogP contribution in [-0.4, -0.2) is 102 Å². The third-order valence-electron chi connectivity index (χ3n) is 5.25. The number of hydrogen-bond acceptors (Lipinski definition) is 4. The molecule has 3 fully saturated rings. The second kappa shape index (κ2) is 7.38. The monoisotopic (exact) mass is 337 g/mol. The number of rotatable bonds is 3. The van der Waals surface area contributed by atoms with Gasteiger partial charge < -0.3 is 20.0 Å². The van der Waals surface area contributed by atoms with E-state index < -0.39 is 0 Å². The summed E-state index contributed by atoms with van der Waals surface area (Å²) in [6.45, 7) is 7.61. The van der Waals surface area contributed by atoms with Gasteiger partial charge in [0.25, 0.3) is 0 Å². The average molecular weight is 337 g/mol. The van der Waals surface area contributed by atoms with Gasteiger partial charge in [-0.25, -0.2) is 4.79 Å². The van der Waals surface area contributed by atoms with Crippen molar-refractivity contribution in [1.82, 2.24) is 24.9 Å². The van der Waals surface area contributed by atoms with E-state index in [2.05, 4.69) is 10.2 Å². The maximum Gasteiger partial charge on any atom is 0.317 e. The molecule has 8 heteroatoms. The van der Waals surface area contributed by atoms with Crippen molar-refractivity contribution in [1.29, 1.82) is 0 Å². The van der Waals surface area contributed by atoms with Crippen LogP contribution >= 0.6 is 0 Å². The second-order valence-corrected chi connectivity index (χ2v) is 6.84. The van der Waals surface area contributed by atoms with Crippen molar-refractivity contribution < 1.29 is 14.4 Å². The first-order valence-corrected chi connectivity index (χ1v) is 8.84. The molecule has 3 aliphatic heterocycles. The van der Waals surface area contributed by atoms with Crippen LogP contribution in [0.3, 0.4) is 0 Å². The van der Waals surface area contributed by atoms with Crippen molar-refractivity contribution >= 4 is 17.8 Å². The lowest BCUT2D eigenvalue weighted by Crippen LogP contribution is -2.54. The summed E-state index contributed by atoms with van der Waals surface area (Å²) in [5, 5.41) is 2.85. The van der Waals surface area contributed by atoms with Crippen molar-refractivity contribution in [2.24, 2.45) is 0 Å². The molecule has 0 spiro atoms. The number of piperidine rings is 1. The van der Waals surface area contributed by atoms with Gasteiger partial charge in [-0.1, -0.05) is 0 Å². The van der Waals surface area contributed by atoms with E-state index in [9.17, 15) is 14.4 Å². The fourth-order valence-electron chi connectivity index (χ4n) is 3.83. The summed E-state index contributed by atoms with van der Waals surface area (Å²) in [4.78, 5) is 43.4. The Morgan fingerprint density at radius 1 is 1.08 bits per heavy atom. The first kappa shape index (κ1) is 17.0. The van der Waals surface area contributed by atoms with Gasteiger partial charge in [-0.3, -0.25) is 14.5 Å². The summed E-state index contributed by atoms with van der Waals surface area (Å²) in [7, 11) is 0. The summed E-state index contributed by atoms with van der Waals surface area (Å²) in [6.07, 6.45) is 2.02. The molecule has 8 nitrogen and oxygen atoms in total. The van der Waals surface area contributed by atoms with Crippen molar-refractivity contribution in [2.75, 3.05) is 58.9 Å². The van der Waals surface area contributed by atoms with Gasteiger partial charge in [0.15, 0.2) is 0 Å². The van der Waals surface area contributed by atoms with Gasteiger partial charge in [-0.15, -0.1) is 0 Å². The first-order chi connectivity index (χ1) is 11.5. The Bertz CT molecular complexity index is 504. The molecule has 0 aromatic heterocycles. The molecule has 0 aliphatic carbocycles. The average Bonchev–Trinajstić information content (AvgIpc) is 3.01. The number of piperazine rings is 1. The summed E-state index contributed by atoms with van der Waals surface area (Å²) in [5.41, 5.74) is 0. The molecule has 3 saturated heterocycles. The molecule has 0 unspecified atom stereocenters. The van der Waals surface area contributed by atoms with Crippen molar-refractivity contribution in [3.8, 4) is 0 Å². The molecule has 24 heavy (non-hydrogen) atoms. The van der Waals surface area contributed by atoms with Crippen molar-refractivity contribution in [2.45, 2.75) is 25.8 Å². The lowest BCUT2D eigenvalue weighted by molar-refractivity contribution is -0.139. The number of carbonyl (C=O) groups excluding carboxylic acids is 3. The van der Waals surface area contributed by atoms with Crippen LogP contribution in [0.4, 0.5) is 4.79 Å². The largest absolute Gasteiger partial charge is 0.339 e. The second-order valence-electron chi connectivity index (χ2n) is 6.84. The molecule has 0 aromatic rings. The van der Waals surface area contributed by atoms with Crippen LogP contribution in [0.5, 0.6) is 0 Å². The molecule has 0 saturated carbocycles. The number of likely N-dealkylation sites (tertiary alicyclic amines) is 1. The SMILES string of the molecule is CC(=O)N1CCN(C(=O)CN2CCC[C@H](N3CCNC3=O)C2)CC1. The van der Waals surface area contributed by atoms with Crippen LogP contribution in [-0.2, 0) is 9.59 Å². The van der Waals surface area contributed by atoms with Gasteiger partial charge in [0.2, 0.25) is 11.8 Å². The number of carbonyl (C=O) groups is 3. The maximum atomic E-state index is 12.5.